The number of rotatable bonds is 0. The van der Waals surface area contributed by atoms with E-state index in [0.29, 0.717) is 0 Å². The highest BCUT2D eigenvalue weighted by molar-refractivity contribution is 7.69. The number of nitrogens with two attached hydrogens (primary N) is 1. The van der Waals surface area contributed by atoms with Gasteiger partial charge in [-0.1, -0.05) is 5.21 Å². The quantitative estimate of drug-likeness (QED) is 0.383. The van der Waals surface area contributed by atoms with Crippen molar-refractivity contribution in [1.82, 2.24) is 15.4 Å². The van der Waals surface area contributed by atoms with Crippen LogP contribution in [0.3, 0.4) is 0 Å². The predicted molar refractivity (Wildman–Crippen MR) is 30.9 cm³/mol. The lowest BCUT2D eigenvalue weighted by Gasteiger charge is -1.46. The Kier molecular flexibility index (Phi) is 4.64. The Morgan fingerprint density at radius 2 is 2.11 bits per heavy atom. The van der Waals surface area contributed by atoms with E-state index in [1.807, 2.05) is 0 Å². The molecule has 9 heavy (non-hydrogen) atoms. The van der Waals surface area contributed by atoms with Crippen molar-refractivity contribution >= 4 is 10.9 Å². The Labute approximate surface area is 53.2 Å². The Morgan fingerprint density at radius 3 is 2.22 bits per heavy atom. The number of thiol groups is 1. The van der Waals surface area contributed by atoms with Gasteiger partial charge in [-0.3, -0.25) is 5.10 Å². The maximum atomic E-state index is 8.81. The first-order valence-electron chi connectivity index (χ1n) is 1.93. The summed E-state index contributed by atoms with van der Waals surface area (Å²) in [6.07, 6.45) is 3.24. The van der Waals surface area contributed by atoms with Crippen LogP contribution < -0.4 is 5.14 Å². The summed E-state index contributed by atoms with van der Waals surface area (Å²) in [5, 5.41) is 13.3. The highest BCUT2D eigenvalue weighted by Gasteiger charge is 1.57. The molecule has 0 aliphatic heterocycles. The number of hydrogen-bond donors (Lipinski definition) is 3. The van der Waals surface area contributed by atoms with Crippen LogP contribution in [0, 0.1) is 0 Å². The summed E-state index contributed by atoms with van der Waals surface area (Å²) >= 11 is 0. The third-order valence-corrected chi connectivity index (χ3v) is 0.331. The third-order valence-electron chi connectivity index (χ3n) is 0.331. The molecule has 0 atom stereocenters. The molecule has 52 valence electrons. The Balaban J connectivity index is 0.000000148. The van der Waals surface area contributed by atoms with E-state index < -0.39 is 10.9 Å². The third kappa shape index (κ3) is 11.0. The zero-order valence-corrected chi connectivity index (χ0v) is 5.28. The fourth-order valence-corrected chi connectivity index (χ4v) is 0.167. The summed E-state index contributed by atoms with van der Waals surface area (Å²) in [6.45, 7) is 0. The SMILES string of the molecule is N[SH](=O)=O.c1c[nH]nn1. The topological polar surface area (TPSA) is 102 Å². The molecule has 0 spiro atoms. The van der Waals surface area contributed by atoms with E-state index in [4.69, 9.17) is 8.42 Å². The highest BCUT2D eigenvalue weighted by Crippen LogP contribution is 1.55. The number of H-pyrrole nitrogens is 1. The summed E-state index contributed by atoms with van der Waals surface area (Å²) in [4.78, 5) is 0. The minimum absolute atomic E-state index is 1.58. The molecule has 1 aromatic heterocycles. The summed E-state index contributed by atoms with van der Waals surface area (Å²) in [5.41, 5.74) is 0. The molecule has 0 bridgehead atoms. The zero-order valence-electron chi connectivity index (χ0n) is 4.39. The van der Waals surface area contributed by atoms with Gasteiger partial charge in [0.1, 0.15) is 0 Å². The van der Waals surface area contributed by atoms with Crippen LogP contribution in [-0.4, -0.2) is 23.8 Å². The standard InChI is InChI=1S/C2H3N3.H3NO2S/c1-2-4-5-3-1;1-4(2)3/h1-2H,(H,3,4,5);4H,(H2,1,2,3). The van der Waals surface area contributed by atoms with Gasteiger partial charge < -0.3 is 0 Å². The molecule has 0 saturated heterocycles. The molecule has 1 heterocycles. The first-order valence-corrected chi connectivity index (χ1v) is 3.17. The van der Waals surface area contributed by atoms with Gasteiger partial charge in [-0.15, -0.1) is 5.10 Å². The largest absolute Gasteiger partial charge is 0.266 e. The van der Waals surface area contributed by atoms with Gasteiger partial charge in [0.05, 0.1) is 6.20 Å². The summed E-state index contributed by atoms with van der Waals surface area (Å²) in [7, 11) is -2.62. The van der Waals surface area contributed by atoms with Crippen LogP contribution in [0.1, 0.15) is 0 Å². The van der Waals surface area contributed by atoms with Crippen molar-refractivity contribution < 1.29 is 8.42 Å². The second kappa shape index (κ2) is 5.19. The van der Waals surface area contributed by atoms with Gasteiger partial charge in [0.15, 0.2) is 10.9 Å². The smallest absolute Gasteiger partial charge is 0.198 e. The number of nitrogens with zero attached hydrogens (tertiary/aromatic N) is 2. The molecule has 7 heteroatoms. The maximum absolute atomic E-state index is 8.81. The van der Waals surface area contributed by atoms with Crippen LogP contribution >= 0.6 is 0 Å². The second-order valence-electron chi connectivity index (χ2n) is 0.946. The van der Waals surface area contributed by atoms with Gasteiger partial charge in [0.25, 0.3) is 0 Å². The van der Waals surface area contributed by atoms with E-state index in [1.165, 1.54) is 0 Å². The predicted octanol–water partition coefficient (Wildman–Crippen LogP) is -1.72. The molecule has 0 amide bonds. The van der Waals surface area contributed by atoms with E-state index in [1.54, 1.807) is 12.4 Å². The van der Waals surface area contributed by atoms with Crippen LogP contribution in [0.5, 0.6) is 0 Å². The molecule has 0 saturated carbocycles. The van der Waals surface area contributed by atoms with E-state index >= 15 is 0 Å². The molecular weight excluding hydrogens is 144 g/mol. The molecule has 0 aliphatic carbocycles. The van der Waals surface area contributed by atoms with E-state index in [-0.39, 0.29) is 0 Å². The van der Waals surface area contributed by atoms with Gasteiger partial charge in [-0.25, -0.2) is 13.6 Å². The number of nitrogens with one attached hydrogen (secondary N) is 1. The fraction of sp³-hybridized carbons (Fsp3) is 0. The first kappa shape index (κ1) is 8.05. The molecule has 1 aromatic rings. The molecule has 0 fully saturated rings. The van der Waals surface area contributed by atoms with Crippen molar-refractivity contribution in [2.75, 3.05) is 0 Å². The molecular formula is C2H6N4O2S. The van der Waals surface area contributed by atoms with Crippen molar-refractivity contribution in [3.8, 4) is 0 Å². The molecule has 0 radical (unpaired) electrons. The lowest BCUT2D eigenvalue weighted by molar-refractivity contribution is 0.616. The van der Waals surface area contributed by atoms with Crippen LogP contribution in [-0.2, 0) is 10.9 Å². The lowest BCUT2D eigenvalue weighted by atomic mass is 11.0. The van der Waals surface area contributed by atoms with E-state index in [0.717, 1.165) is 0 Å². The number of aromatic nitrogens is 3. The molecule has 0 aliphatic rings. The van der Waals surface area contributed by atoms with E-state index in [2.05, 4.69) is 20.5 Å². The molecule has 0 aromatic carbocycles. The second-order valence-corrected chi connectivity index (χ2v) is 1.52. The maximum Gasteiger partial charge on any atom is 0.198 e. The Bertz CT molecular complexity index is 167. The molecule has 6 nitrogen and oxygen atoms in total. The summed E-state index contributed by atoms with van der Waals surface area (Å²) < 4.78 is 17.6. The van der Waals surface area contributed by atoms with Crippen molar-refractivity contribution in [3.05, 3.63) is 12.4 Å². The van der Waals surface area contributed by atoms with Crippen molar-refractivity contribution in [2.24, 2.45) is 5.14 Å². The minimum atomic E-state index is -2.62. The van der Waals surface area contributed by atoms with Gasteiger partial charge in [0, 0.05) is 6.20 Å². The highest BCUT2D eigenvalue weighted by atomic mass is 32.2. The van der Waals surface area contributed by atoms with Crippen LogP contribution in [0.15, 0.2) is 12.4 Å². The number of aromatic amines is 1. The van der Waals surface area contributed by atoms with Gasteiger partial charge in [0.2, 0.25) is 0 Å². The van der Waals surface area contributed by atoms with E-state index in [9.17, 15) is 0 Å². The van der Waals surface area contributed by atoms with Gasteiger partial charge >= 0.3 is 0 Å². The fourth-order valence-electron chi connectivity index (χ4n) is 0.167. The van der Waals surface area contributed by atoms with Crippen LogP contribution in [0.2, 0.25) is 0 Å². The minimum Gasteiger partial charge on any atom is -0.266 e. The Morgan fingerprint density at radius 1 is 1.56 bits per heavy atom. The zero-order chi connectivity index (χ0) is 7.11. The molecule has 1 rings (SSSR count). The molecule has 0 unspecified atom stereocenters. The average molecular weight is 150 g/mol. The van der Waals surface area contributed by atoms with Crippen molar-refractivity contribution in [2.45, 2.75) is 0 Å². The first-order chi connectivity index (χ1) is 4.23. The Hall–Kier alpha value is -0.950. The molecule has 3 N–H and O–H groups in total. The monoisotopic (exact) mass is 150 g/mol. The summed E-state index contributed by atoms with van der Waals surface area (Å²) in [6, 6.07) is 0. The lowest BCUT2D eigenvalue weighted by Crippen LogP contribution is -1.85. The van der Waals surface area contributed by atoms with Crippen molar-refractivity contribution in [1.29, 1.82) is 0 Å². The van der Waals surface area contributed by atoms with Crippen LogP contribution in [0.25, 0.3) is 0 Å². The number of hydrogen-bond acceptors (Lipinski definition) is 4. The average Bonchev–Trinajstić information content (AvgIpc) is 2.11. The summed E-state index contributed by atoms with van der Waals surface area (Å²) in [5.74, 6) is 0. The van der Waals surface area contributed by atoms with Gasteiger partial charge in [-0.05, 0) is 0 Å². The normalized spacial score (nSPS) is 8.22. The van der Waals surface area contributed by atoms with Crippen molar-refractivity contribution in [3.63, 3.8) is 0 Å². The van der Waals surface area contributed by atoms with Gasteiger partial charge in [-0.2, -0.15) is 0 Å². The van der Waals surface area contributed by atoms with Crippen LogP contribution in [0.4, 0.5) is 0 Å².